The number of aromatic nitrogens is 6. The maximum absolute atomic E-state index is 14.3. The van der Waals surface area contributed by atoms with Gasteiger partial charge in [-0.05, 0) is 49.2 Å². The Kier molecular flexibility index (Phi) is 7.32. The summed E-state index contributed by atoms with van der Waals surface area (Å²) in [6.45, 7) is 0. The minimum atomic E-state index is -0.546. The van der Waals surface area contributed by atoms with Gasteiger partial charge in [0.15, 0.2) is 5.78 Å². The molecular weight excluding hydrogens is 509 g/mol. The summed E-state index contributed by atoms with van der Waals surface area (Å²) in [7, 11) is 0. The van der Waals surface area contributed by atoms with Gasteiger partial charge >= 0.3 is 0 Å². The summed E-state index contributed by atoms with van der Waals surface area (Å²) in [6, 6.07) is 18.0. The summed E-state index contributed by atoms with van der Waals surface area (Å²) >= 11 is 6.33. The number of nitrogens with one attached hydrogen (secondary N) is 2. The molecule has 2 N–H and O–H groups in total. The molecule has 3 heterocycles. The largest absolute Gasteiger partial charge is 0.306 e. The third kappa shape index (κ3) is 5.50. The minimum absolute atomic E-state index is 0.103. The fraction of sp³-hybridized carbons (Fsp3) is 0.111. The fourth-order valence-corrected chi connectivity index (χ4v) is 4.11. The number of hydrogen-bond donors (Lipinski definition) is 2. The first kappa shape index (κ1) is 25.0. The molecule has 0 fully saturated rings. The Balaban J connectivity index is 1.41. The second-order valence-corrected chi connectivity index (χ2v) is 8.79. The van der Waals surface area contributed by atoms with Crippen LogP contribution in [0.25, 0.3) is 16.9 Å². The lowest BCUT2D eigenvalue weighted by molar-refractivity contribution is 0.0973. The van der Waals surface area contributed by atoms with Gasteiger partial charge in [-0.2, -0.15) is 20.5 Å². The number of H-pyrrole nitrogens is 1. The van der Waals surface area contributed by atoms with E-state index in [1.807, 2.05) is 18.2 Å². The number of nitrogens with zero attached hydrogens (tertiary/aromatic N) is 5. The Bertz CT molecular complexity index is 1590. The quantitative estimate of drug-likeness (QED) is 0.250. The molecule has 0 atom stereocenters. The van der Waals surface area contributed by atoms with Crippen molar-refractivity contribution >= 4 is 29.1 Å². The van der Waals surface area contributed by atoms with Crippen molar-refractivity contribution in [2.75, 3.05) is 5.32 Å². The Morgan fingerprint density at radius 2 is 1.89 bits per heavy atom. The number of ketones is 1. The Morgan fingerprint density at radius 1 is 1.05 bits per heavy atom. The number of amides is 1. The highest BCUT2D eigenvalue weighted by Crippen LogP contribution is 2.27. The lowest BCUT2D eigenvalue weighted by Gasteiger charge is -2.11. The van der Waals surface area contributed by atoms with Gasteiger partial charge in [-0.25, -0.2) is 9.07 Å². The highest BCUT2D eigenvalue weighted by molar-refractivity contribution is 6.34. The molecule has 1 amide bonds. The molecule has 0 aliphatic heterocycles. The number of benzene rings is 2. The zero-order chi connectivity index (χ0) is 26.5. The standard InChI is InChI=1S/C27H21ClFN7O2/c28-21-12-11-17(26-22(29)9-5-13-30-26)14-20(21)27(38)32-25-15-23(34-36(25)19-7-2-1-3-8-19)24(37)10-4-6-18-16-31-35-33-18/h1-3,5,7-9,11-16H,4,6,10H2,(H,32,38)(H,31,33,35). The van der Waals surface area contributed by atoms with Crippen LogP contribution in [0.2, 0.25) is 5.02 Å². The molecule has 9 nitrogen and oxygen atoms in total. The van der Waals surface area contributed by atoms with E-state index in [0.29, 0.717) is 24.1 Å². The van der Waals surface area contributed by atoms with Crippen molar-refractivity contribution in [1.29, 1.82) is 0 Å². The number of halogens is 2. The number of hydrogen-bond acceptors (Lipinski definition) is 6. The predicted octanol–water partition coefficient (Wildman–Crippen LogP) is 5.30. The lowest BCUT2D eigenvalue weighted by atomic mass is 10.1. The van der Waals surface area contributed by atoms with Gasteiger partial charge in [0, 0.05) is 24.2 Å². The van der Waals surface area contributed by atoms with Gasteiger partial charge < -0.3 is 5.32 Å². The first-order valence-electron chi connectivity index (χ1n) is 11.7. The molecule has 0 unspecified atom stereocenters. The van der Waals surface area contributed by atoms with Gasteiger partial charge in [0.25, 0.3) is 5.91 Å². The molecule has 0 aliphatic carbocycles. The maximum atomic E-state index is 14.3. The zero-order valence-electron chi connectivity index (χ0n) is 19.9. The molecule has 2 aromatic carbocycles. The SMILES string of the molecule is O=C(CCCc1cn[nH]n1)c1cc(NC(=O)c2cc(-c3ncccc3F)ccc2Cl)n(-c2ccccc2)n1. The first-order valence-corrected chi connectivity index (χ1v) is 12.1. The van der Waals surface area contributed by atoms with E-state index < -0.39 is 11.7 Å². The zero-order valence-corrected chi connectivity index (χ0v) is 20.7. The van der Waals surface area contributed by atoms with Crippen LogP contribution >= 0.6 is 11.6 Å². The molecule has 11 heteroatoms. The summed E-state index contributed by atoms with van der Waals surface area (Å²) in [5.41, 5.74) is 2.25. The monoisotopic (exact) mass is 529 g/mol. The Morgan fingerprint density at radius 3 is 2.66 bits per heavy atom. The third-order valence-corrected chi connectivity index (χ3v) is 6.11. The van der Waals surface area contributed by atoms with Crippen LogP contribution in [0.1, 0.15) is 39.4 Å². The number of anilines is 1. The molecule has 0 saturated heterocycles. The van der Waals surface area contributed by atoms with E-state index >= 15 is 0 Å². The molecule has 3 aromatic heterocycles. The fourth-order valence-electron chi connectivity index (χ4n) is 3.90. The number of carbonyl (C=O) groups excluding carboxylic acids is 2. The van der Waals surface area contributed by atoms with Crippen LogP contribution in [0.5, 0.6) is 0 Å². The second kappa shape index (κ2) is 11.1. The second-order valence-electron chi connectivity index (χ2n) is 8.38. The van der Waals surface area contributed by atoms with Crippen molar-refractivity contribution in [3.05, 3.63) is 107 Å². The van der Waals surface area contributed by atoms with Crippen molar-refractivity contribution in [2.24, 2.45) is 0 Å². The summed E-state index contributed by atoms with van der Waals surface area (Å²) in [5, 5.41) is 17.8. The van der Waals surface area contributed by atoms with Crippen LogP contribution in [-0.2, 0) is 6.42 Å². The minimum Gasteiger partial charge on any atom is -0.306 e. The molecule has 0 bridgehead atoms. The van der Waals surface area contributed by atoms with E-state index in [1.54, 1.807) is 24.4 Å². The maximum Gasteiger partial charge on any atom is 0.258 e. The van der Waals surface area contributed by atoms with E-state index in [2.05, 4.69) is 30.8 Å². The predicted molar refractivity (Wildman–Crippen MR) is 140 cm³/mol. The number of aromatic amines is 1. The van der Waals surface area contributed by atoms with E-state index in [0.717, 1.165) is 5.69 Å². The highest BCUT2D eigenvalue weighted by atomic mass is 35.5. The number of aryl methyl sites for hydroxylation is 1. The summed E-state index contributed by atoms with van der Waals surface area (Å²) < 4.78 is 15.8. The molecule has 190 valence electrons. The number of carbonyl (C=O) groups is 2. The Labute approximate surface area is 221 Å². The summed E-state index contributed by atoms with van der Waals surface area (Å²) in [4.78, 5) is 30.3. The normalized spacial score (nSPS) is 10.9. The van der Waals surface area contributed by atoms with Crippen molar-refractivity contribution in [3.63, 3.8) is 0 Å². The van der Waals surface area contributed by atoms with Gasteiger partial charge in [0.05, 0.1) is 28.2 Å². The van der Waals surface area contributed by atoms with Gasteiger partial charge in [-0.3, -0.25) is 14.6 Å². The van der Waals surface area contributed by atoms with E-state index in [-0.39, 0.29) is 40.0 Å². The van der Waals surface area contributed by atoms with Crippen LogP contribution in [0, 0.1) is 5.82 Å². The van der Waals surface area contributed by atoms with Crippen molar-refractivity contribution in [1.82, 2.24) is 30.2 Å². The molecule has 38 heavy (non-hydrogen) atoms. The number of para-hydroxylation sites is 1. The molecule has 0 spiro atoms. The van der Waals surface area contributed by atoms with Crippen molar-refractivity contribution < 1.29 is 14.0 Å². The summed E-state index contributed by atoms with van der Waals surface area (Å²) in [5.74, 6) is -0.957. The lowest BCUT2D eigenvalue weighted by Crippen LogP contribution is -2.15. The van der Waals surface area contributed by atoms with Gasteiger partial charge in [0.2, 0.25) is 0 Å². The van der Waals surface area contributed by atoms with Crippen LogP contribution in [0.15, 0.2) is 79.1 Å². The van der Waals surface area contributed by atoms with Crippen LogP contribution in [-0.4, -0.2) is 41.9 Å². The molecule has 0 saturated carbocycles. The van der Waals surface area contributed by atoms with E-state index in [1.165, 1.54) is 41.2 Å². The number of rotatable bonds is 9. The Hall–Kier alpha value is -4.70. The van der Waals surface area contributed by atoms with Gasteiger partial charge in [-0.1, -0.05) is 35.9 Å². The van der Waals surface area contributed by atoms with Crippen LogP contribution in [0.4, 0.5) is 10.2 Å². The molecule has 0 radical (unpaired) electrons. The summed E-state index contributed by atoms with van der Waals surface area (Å²) in [6.07, 6.45) is 4.49. The van der Waals surface area contributed by atoms with E-state index in [4.69, 9.17) is 11.6 Å². The van der Waals surface area contributed by atoms with Crippen LogP contribution in [0.3, 0.4) is 0 Å². The smallest absolute Gasteiger partial charge is 0.258 e. The van der Waals surface area contributed by atoms with Gasteiger partial charge in [-0.15, -0.1) is 0 Å². The van der Waals surface area contributed by atoms with Gasteiger partial charge in [0.1, 0.15) is 23.0 Å². The first-order chi connectivity index (χ1) is 18.5. The van der Waals surface area contributed by atoms with Crippen molar-refractivity contribution in [3.8, 4) is 16.9 Å². The number of pyridine rings is 1. The van der Waals surface area contributed by atoms with Crippen LogP contribution < -0.4 is 5.32 Å². The third-order valence-electron chi connectivity index (χ3n) is 5.78. The molecule has 5 rings (SSSR count). The molecule has 0 aliphatic rings. The molecule has 5 aromatic rings. The van der Waals surface area contributed by atoms with E-state index in [9.17, 15) is 14.0 Å². The highest BCUT2D eigenvalue weighted by Gasteiger charge is 2.20. The average molecular weight is 530 g/mol. The average Bonchev–Trinajstić information content (AvgIpc) is 3.60. The molecular formula is C27H21ClFN7O2. The van der Waals surface area contributed by atoms with Crippen molar-refractivity contribution in [2.45, 2.75) is 19.3 Å². The topological polar surface area (TPSA) is 118 Å². The number of Topliss-reactive ketones (excluding diaryl/α,β-unsaturated/α-hetero) is 1.